The molecule has 0 radical (unpaired) electrons. The number of piperidine rings is 1. The van der Waals surface area contributed by atoms with Crippen LogP contribution in [0.15, 0.2) is 54.6 Å². The van der Waals surface area contributed by atoms with E-state index in [1.165, 1.54) is 0 Å². The second-order valence-electron chi connectivity index (χ2n) is 8.81. The van der Waals surface area contributed by atoms with Gasteiger partial charge in [-0.05, 0) is 44.0 Å². The van der Waals surface area contributed by atoms with Crippen molar-refractivity contribution in [3.63, 3.8) is 0 Å². The third-order valence-corrected chi connectivity index (χ3v) is 6.17. The van der Waals surface area contributed by atoms with E-state index in [1.54, 1.807) is 0 Å². The van der Waals surface area contributed by atoms with Gasteiger partial charge in [-0.3, -0.25) is 9.59 Å². The molecule has 0 aromatic heterocycles. The van der Waals surface area contributed by atoms with E-state index in [4.69, 9.17) is 4.74 Å². The number of ether oxygens (including phenoxy) is 1. The number of para-hydroxylation sites is 1. The first-order chi connectivity index (χ1) is 14.5. The van der Waals surface area contributed by atoms with Gasteiger partial charge in [0.15, 0.2) is 0 Å². The minimum Gasteiger partial charge on any atom is -0.487 e. The maximum Gasteiger partial charge on any atom is 0.253 e. The van der Waals surface area contributed by atoms with Gasteiger partial charge >= 0.3 is 0 Å². The Morgan fingerprint density at radius 3 is 2.43 bits per heavy atom. The fourth-order valence-electron chi connectivity index (χ4n) is 4.72. The van der Waals surface area contributed by atoms with E-state index in [9.17, 15) is 9.59 Å². The molecule has 1 N–H and O–H groups in total. The first-order valence-electron chi connectivity index (χ1n) is 10.9. The molecule has 5 nitrogen and oxygen atoms in total. The van der Waals surface area contributed by atoms with E-state index in [-0.39, 0.29) is 29.4 Å². The Morgan fingerprint density at radius 2 is 1.73 bits per heavy atom. The number of likely N-dealkylation sites (tertiary alicyclic amines) is 1. The number of nitrogens with zero attached hydrogens (tertiary/aromatic N) is 1. The molecule has 4 rings (SSSR count). The first-order valence-corrected chi connectivity index (χ1v) is 10.9. The minimum atomic E-state index is -0.315. The van der Waals surface area contributed by atoms with Gasteiger partial charge in [0.2, 0.25) is 5.91 Å². The highest BCUT2D eigenvalue weighted by Gasteiger charge is 2.44. The zero-order chi connectivity index (χ0) is 21.1. The normalized spacial score (nSPS) is 19.8. The van der Waals surface area contributed by atoms with E-state index >= 15 is 0 Å². The monoisotopic (exact) mass is 406 g/mol. The molecule has 0 saturated carbocycles. The van der Waals surface area contributed by atoms with Crippen LogP contribution in [-0.2, 0) is 4.79 Å². The molecule has 30 heavy (non-hydrogen) atoms. The number of hydrogen-bond donors (Lipinski definition) is 1. The number of carbonyl (C=O) groups is 2. The van der Waals surface area contributed by atoms with Gasteiger partial charge in [-0.15, -0.1) is 0 Å². The lowest BCUT2D eigenvalue weighted by Gasteiger charge is -2.47. The van der Waals surface area contributed by atoms with Crippen molar-refractivity contribution >= 4 is 11.8 Å². The van der Waals surface area contributed by atoms with Crippen molar-refractivity contribution in [2.45, 2.75) is 57.1 Å². The van der Waals surface area contributed by atoms with Crippen LogP contribution in [0.2, 0.25) is 0 Å². The molecule has 2 aliphatic rings. The summed E-state index contributed by atoms with van der Waals surface area (Å²) in [5.74, 6) is 1.17. The van der Waals surface area contributed by atoms with Gasteiger partial charge in [-0.1, -0.05) is 36.4 Å². The van der Waals surface area contributed by atoms with Crippen molar-refractivity contribution in [3.8, 4) is 5.75 Å². The van der Waals surface area contributed by atoms with Crippen LogP contribution in [0.4, 0.5) is 0 Å². The maximum absolute atomic E-state index is 12.8. The molecule has 0 aliphatic carbocycles. The summed E-state index contributed by atoms with van der Waals surface area (Å²) in [6.45, 7) is 5.30. The standard InChI is InChI=1S/C25H30N2O3/c1-18(2)26-23(28)16-20-17-25(30-22-11-7-6-10-21(20)22)12-14-27(15-13-25)24(29)19-8-4-3-5-9-19/h3-11,18,20H,12-17H2,1-2H3,(H,26,28). The van der Waals surface area contributed by atoms with Gasteiger partial charge < -0.3 is 15.0 Å². The van der Waals surface area contributed by atoms with Gasteiger partial charge in [-0.2, -0.15) is 0 Å². The molecule has 1 saturated heterocycles. The van der Waals surface area contributed by atoms with E-state index < -0.39 is 0 Å². The molecule has 1 unspecified atom stereocenters. The van der Waals surface area contributed by atoms with Crippen molar-refractivity contribution in [1.82, 2.24) is 10.2 Å². The molecule has 158 valence electrons. The highest BCUT2D eigenvalue weighted by atomic mass is 16.5. The molecule has 0 bridgehead atoms. The molecule has 2 aromatic rings. The van der Waals surface area contributed by atoms with Crippen LogP contribution in [0.3, 0.4) is 0 Å². The number of carbonyl (C=O) groups excluding carboxylic acids is 2. The first kappa shape index (κ1) is 20.5. The van der Waals surface area contributed by atoms with Gasteiger partial charge in [-0.25, -0.2) is 0 Å². The smallest absolute Gasteiger partial charge is 0.253 e. The predicted molar refractivity (Wildman–Crippen MR) is 117 cm³/mol. The zero-order valence-corrected chi connectivity index (χ0v) is 17.8. The van der Waals surface area contributed by atoms with Crippen LogP contribution in [-0.4, -0.2) is 41.4 Å². The quantitative estimate of drug-likeness (QED) is 0.830. The van der Waals surface area contributed by atoms with E-state index in [1.807, 2.05) is 67.3 Å². The van der Waals surface area contributed by atoms with Crippen molar-refractivity contribution in [3.05, 3.63) is 65.7 Å². The average Bonchev–Trinajstić information content (AvgIpc) is 2.74. The van der Waals surface area contributed by atoms with E-state index in [2.05, 4.69) is 11.4 Å². The Hall–Kier alpha value is -2.82. The maximum atomic E-state index is 12.8. The van der Waals surface area contributed by atoms with Gasteiger partial charge in [0.1, 0.15) is 11.4 Å². The third-order valence-electron chi connectivity index (χ3n) is 6.17. The number of nitrogens with one attached hydrogen (secondary N) is 1. The fourth-order valence-corrected chi connectivity index (χ4v) is 4.72. The summed E-state index contributed by atoms with van der Waals surface area (Å²) in [7, 11) is 0. The number of rotatable bonds is 4. The van der Waals surface area contributed by atoms with Crippen LogP contribution >= 0.6 is 0 Å². The van der Waals surface area contributed by atoms with E-state index in [0.717, 1.165) is 36.1 Å². The summed E-state index contributed by atoms with van der Waals surface area (Å²) >= 11 is 0. The minimum absolute atomic E-state index is 0.0783. The van der Waals surface area contributed by atoms with E-state index in [0.29, 0.717) is 19.5 Å². The van der Waals surface area contributed by atoms with Crippen molar-refractivity contribution in [2.75, 3.05) is 13.1 Å². The molecular weight excluding hydrogens is 376 g/mol. The van der Waals surface area contributed by atoms with Crippen LogP contribution in [0, 0.1) is 0 Å². The Morgan fingerprint density at radius 1 is 1.07 bits per heavy atom. The summed E-state index contributed by atoms with van der Waals surface area (Å²) in [6.07, 6.45) is 2.83. The molecule has 1 spiro atoms. The summed E-state index contributed by atoms with van der Waals surface area (Å²) in [5.41, 5.74) is 1.53. The summed E-state index contributed by atoms with van der Waals surface area (Å²) in [6, 6.07) is 17.6. The van der Waals surface area contributed by atoms with Crippen LogP contribution < -0.4 is 10.1 Å². The topological polar surface area (TPSA) is 58.6 Å². The predicted octanol–water partition coefficient (Wildman–Crippen LogP) is 4.14. The van der Waals surface area contributed by atoms with Gasteiger partial charge in [0.05, 0.1) is 0 Å². The second-order valence-corrected chi connectivity index (χ2v) is 8.81. The summed E-state index contributed by atoms with van der Waals surface area (Å²) < 4.78 is 6.52. The molecule has 2 heterocycles. The van der Waals surface area contributed by atoms with Gasteiger partial charge in [0, 0.05) is 49.9 Å². The highest BCUT2D eigenvalue weighted by Crippen LogP contribution is 2.46. The Bertz CT molecular complexity index is 902. The average molecular weight is 407 g/mol. The van der Waals surface area contributed by atoms with Crippen molar-refractivity contribution in [2.24, 2.45) is 0 Å². The lowest BCUT2D eigenvalue weighted by molar-refractivity contribution is -0.122. The highest BCUT2D eigenvalue weighted by molar-refractivity contribution is 5.94. The summed E-state index contributed by atoms with van der Waals surface area (Å²) in [4.78, 5) is 27.2. The Labute approximate surface area is 178 Å². The number of fused-ring (bicyclic) bond motifs is 1. The fraction of sp³-hybridized carbons (Fsp3) is 0.440. The lowest BCUT2D eigenvalue weighted by atomic mass is 9.76. The van der Waals surface area contributed by atoms with Crippen LogP contribution in [0.25, 0.3) is 0 Å². The number of benzene rings is 2. The molecule has 2 aliphatic heterocycles. The number of hydrogen-bond acceptors (Lipinski definition) is 3. The Kier molecular flexibility index (Phi) is 5.80. The van der Waals surface area contributed by atoms with Crippen molar-refractivity contribution < 1.29 is 14.3 Å². The largest absolute Gasteiger partial charge is 0.487 e. The molecular formula is C25H30N2O3. The van der Waals surface area contributed by atoms with Crippen LogP contribution in [0.5, 0.6) is 5.75 Å². The lowest BCUT2D eigenvalue weighted by Crippen LogP contribution is -2.52. The number of amides is 2. The van der Waals surface area contributed by atoms with Crippen LogP contribution in [0.1, 0.15) is 61.4 Å². The summed E-state index contributed by atoms with van der Waals surface area (Å²) in [5, 5.41) is 3.02. The SMILES string of the molecule is CC(C)NC(=O)CC1CC2(CCN(C(=O)c3ccccc3)CC2)Oc2ccccc21. The molecule has 1 fully saturated rings. The zero-order valence-electron chi connectivity index (χ0n) is 17.8. The second kappa shape index (κ2) is 8.50. The van der Waals surface area contributed by atoms with Crippen molar-refractivity contribution in [1.29, 1.82) is 0 Å². The van der Waals surface area contributed by atoms with Gasteiger partial charge in [0.25, 0.3) is 5.91 Å². The third kappa shape index (κ3) is 4.35. The molecule has 2 amide bonds. The Balaban J connectivity index is 1.48. The molecule has 1 atom stereocenters. The molecule has 5 heteroatoms. The molecule has 2 aromatic carbocycles.